The fraction of sp³-hybridized carbons (Fsp3) is 0.579. The maximum absolute atomic E-state index is 6.47. The Balaban J connectivity index is 1.68. The summed E-state index contributed by atoms with van der Waals surface area (Å²) in [6, 6.07) is 4.22. The van der Waals surface area contributed by atoms with E-state index in [1.165, 1.54) is 11.1 Å². The molecule has 0 bridgehead atoms. The van der Waals surface area contributed by atoms with Gasteiger partial charge in [-0.15, -0.1) is 0 Å². The highest BCUT2D eigenvalue weighted by Gasteiger charge is 2.57. The average Bonchev–Trinajstić information content (AvgIpc) is 3.13. The second-order valence-electron chi connectivity index (χ2n) is 7.31. The smallest absolute Gasteiger partial charge is 0.191 e. The lowest BCUT2D eigenvalue weighted by Gasteiger charge is -2.40. The zero-order chi connectivity index (χ0) is 16.4. The summed E-state index contributed by atoms with van der Waals surface area (Å²) in [6.07, 6.45) is 6.21. The van der Waals surface area contributed by atoms with Gasteiger partial charge in [0.25, 0.3) is 0 Å². The zero-order valence-corrected chi connectivity index (χ0v) is 14.2. The van der Waals surface area contributed by atoms with Crippen LogP contribution in [0.5, 0.6) is 11.5 Å². The Hall–Kier alpha value is -1.56. The minimum atomic E-state index is -0.608. The Labute approximate surface area is 142 Å². The molecule has 0 N–H and O–H groups in total. The number of nitrogens with zero attached hydrogens (tertiary/aromatic N) is 1. The summed E-state index contributed by atoms with van der Waals surface area (Å²) in [6.45, 7) is 3.27. The van der Waals surface area contributed by atoms with Crippen LogP contribution in [0.1, 0.15) is 24.0 Å². The highest BCUT2D eigenvalue weighted by atomic mass is 16.7. The molecule has 2 spiro atoms. The predicted octanol–water partition coefficient (Wildman–Crippen LogP) is 2.23. The first-order valence-electron chi connectivity index (χ1n) is 8.70. The van der Waals surface area contributed by atoms with Crippen molar-refractivity contribution in [2.45, 2.75) is 36.7 Å². The van der Waals surface area contributed by atoms with E-state index in [1.54, 1.807) is 7.11 Å². The summed E-state index contributed by atoms with van der Waals surface area (Å²) in [7, 11) is 3.89. The van der Waals surface area contributed by atoms with Gasteiger partial charge in [0.05, 0.1) is 25.7 Å². The third kappa shape index (κ3) is 1.86. The molecule has 2 atom stereocenters. The number of hydrogen-bond acceptors (Lipinski definition) is 5. The van der Waals surface area contributed by atoms with Crippen LogP contribution in [0.4, 0.5) is 0 Å². The SMILES string of the molecule is COc1ccc2c3c1OC1CC4(C=CC31CCN(C)C2)OCCO4. The van der Waals surface area contributed by atoms with Gasteiger partial charge < -0.3 is 23.8 Å². The van der Waals surface area contributed by atoms with Gasteiger partial charge in [-0.3, -0.25) is 0 Å². The second-order valence-corrected chi connectivity index (χ2v) is 7.31. The largest absolute Gasteiger partial charge is 0.493 e. The Morgan fingerprint density at radius 1 is 1.21 bits per heavy atom. The first kappa shape index (κ1) is 14.8. The zero-order valence-electron chi connectivity index (χ0n) is 14.2. The lowest BCUT2D eigenvalue weighted by molar-refractivity contribution is -0.145. The quantitative estimate of drug-likeness (QED) is 0.739. The number of ether oxygens (including phenoxy) is 4. The van der Waals surface area contributed by atoms with Gasteiger partial charge in [-0.25, -0.2) is 0 Å². The van der Waals surface area contributed by atoms with Crippen LogP contribution in [0.2, 0.25) is 0 Å². The van der Waals surface area contributed by atoms with E-state index in [4.69, 9.17) is 18.9 Å². The van der Waals surface area contributed by atoms with Gasteiger partial charge in [0.15, 0.2) is 17.3 Å². The molecular formula is C19H23NO4. The van der Waals surface area contributed by atoms with E-state index in [9.17, 15) is 0 Å². The van der Waals surface area contributed by atoms with Gasteiger partial charge in [-0.05, 0) is 37.7 Å². The highest BCUT2D eigenvalue weighted by molar-refractivity contribution is 5.61. The van der Waals surface area contributed by atoms with E-state index in [-0.39, 0.29) is 11.5 Å². The summed E-state index contributed by atoms with van der Waals surface area (Å²) in [5.41, 5.74) is 2.53. The molecule has 3 heterocycles. The van der Waals surface area contributed by atoms with Gasteiger partial charge in [0, 0.05) is 18.5 Å². The van der Waals surface area contributed by atoms with E-state index in [0.29, 0.717) is 13.2 Å². The van der Waals surface area contributed by atoms with Crippen LogP contribution in [-0.2, 0) is 21.4 Å². The van der Waals surface area contributed by atoms with E-state index >= 15 is 0 Å². The Morgan fingerprint density at radius 2 is 2.04 bits per heavy atom. The van der Waals surface area contributed by atoms with Gasteiger partial charge in [0.1, 0.15) is 6.10 Å². The first-order chi connectivity index (χ1) is 11.7. The third-order valence-corrected chi connectivity index (χ3v) is 5.96. The molecule has 128 valence electrons. The average molecular weight is 329 g/mol. The van der Waals surface area contributed by atoms with Crippen LogP contribution in [0.15, 0.2) is 24.3 Å². The van der Waals surface area contributed by atoms with Crippen molar-refractivity contribution >= 4 is 0 Å². The molecule has 24 heavy (non-hydrogen) atoms. The Kier molecular flexibility index (Phi) is 3.06. The Bertz CT molecular complexity index is 710. The molecule has 5 heteroatoms. The monoisotopic (exact) mass is 329 g/mol. The van der Waals surface area contributed by atoms with Crippen LogP contribution in [0, 0.1) is 0 Å². The molecule has 1 saturated heterocycles. The van der Waals surface area contributed by atoms with Crippen molar-refractivity contribution in [3.05, 3.63) is 35.4 Å². The van der Waals surface area contributed by atoms with E-state index < -0.39 is 5.79 Å². The molecule has 1 aromatic rings. The second kappa shape index (κ2) is 4.97. The maximum Gasteiger partial charge on any atom is 0.191 e. The Morgan fingerprint density at radius 3 is 2.83 bits per heavy atom. The molecule has 0 radical (unpaired) electrons. The van der Waals surface area contributed by atoms with Crippen molar-refractivity contribution < 1.29 is 18.9 Å². The van der Waals surface area contributed by atoms with Gasteiger partial charge >= 0.3 is 0 Å². The number of hydrogen-bond donors (Lipinski definition) is 0. The predicted molar refractivity (Wildman–Crippen MR) is 88.4 cm³/mol. The first-order valence-corrected chi connectivity index (χ1v) is 8.70. The minimum Gasteiger partial charge on any atom is -0.493 e. The summed E-state index contributed by atoms with van der Waals surface area (Å²) >= 11 is 0. The van der Waals surface area contributed by atoms with Gasteiger partial charge in [-0.2, -0.15) is 0 Å². The van der Waals surface area contributed by atoms with E-state index in [0.717, 1.165) is 37.4 Å². The fourth-order valence-electron chi connectivity index (χ4n) is 4.75. The maximum atomic E-state index is 6.47. The van der Waals surface area contributed by atoms with Crippen LogP contribution in [-0.4, -0.2) is 50.7 Å². The molecule has 1 aromatic carbocycles. The van der Waals surface area contributed by atoms with Crippen molar-refractivity contribution in [3.63, 3.8) is 0 Å². The molecule has 3 aliphatic heterocycles. The van der Waals surface area contributed by atoms with E-state index in [2.05, 4.69) is 30.2 Å². The van der Waals surface area contributed by atoms with Crippen molar-refractivity contribution in [1.29, 1.82) is 0 Å². The number of methoxy groups -OCH3 is 1. The molecule has 5 nitrogen and oxygen atoms in total. The molecule has 1 fully saturated rings. The molecule has 2 unspecified atom stereocenters. The normalized spacial score (nSPS) is 33.0. The van der Waals surface area contributed by atoms with Crippen molar-refractivity contribution in [3.8, 4) is 11.5 Å². The van der Waals surface area contributed by atoms with Crippen molar-refractivity contribution in [1.82, 2.24) is 4.90 Å². The highest BCUT2D eigenvalue weighted by Crippen LogP contribution is 2.57. The summed E-state index contributed by atoms with van der Waals surface area (Å²) < 4.78 is 23.9. The van der Waals surface area contributed by atoms with E-state index in [1.807, 2.05) is 6.07 Å². The van der Waals surface area contributed by atoms with Gasteiger partial charge in [-0.1, -0.05) is 12.1 Å². The van der Waals surface area contributed by atoms with Crippen LogP contribution < -0.4 is 9.47 Å². The molecule has 0 amide bonds. The minimum absolute atomic E-state index is 0.0251. The third-order valence-electron chi connectivity index (χ3n) is 5.96. The molecule has 4 aliphatic rings. The summed E-state index contributed by atoms with van der Waals surface area (Å²) in [5.74, 6) is 1.13. The molecule has 0 aromatic heterocycles. The van der Waals surface area contributed by atoms with Crippen molar-refractivity contribution in [2.24, 2.45) is 0 Å². The van der Waals surface area contributed by atoms with Crippen LogP contribution in [0.25, 0.3) is 0 Å². The van der Waals surface area contributed by atoms with Crippen molar-refractivity contribution in [2.75, 3.05) is 33.9 Å². The summed E-state index contributed by atoms with van der Waals surface area (Å²) in [5, 5.41) is 0. The number of rotatable bonds is 1. The lowest BCUT2D eigenvalue weighted by atomic mass is 9.68. The number of benzene rings is 1. The standard InChI is InChI=1S/C19H23NO4/c1-20-8-7-18-5-6-19(22-9-10-23-19)11-15(18)24-17-14(21-2)4-3-13(12-20)16(17)18/h3-6,15H,7-12H2,1-2H3. The topological polar surface area (TPSA) is 40.2 Å². The summed E-state index contributed by atoms with van der Waals surface area (Å²) in [4.78, 5) is 2.38. The molecular weight excluding hydrogens is 306 g/mol. The van der Waals surface area contributed by atoms with Crippen LogP contribution >= 0.6 is 0 Å². The molecule has 0 saturated carbocycles. The lowest BCUT2D eigenvalue weighted by Crippen LogP contribution is -2.48. The van der Waals surface area contributed by atoms with Crippen LogP contribution in [0.3, 0.4) is 0 Å². The fourth-order valence-corrected chi connectivity index (χ4v) is 4.75. The van der Waals surface area contributed by atoms with Gasteiger partial charge in [0.2, 0.25) is 0 Å². The molecule has 5 rings (SSSR count). The molecule has 1 aliphatic carbocycles.